The van der Waals surface area contributed by atoms with Gasteiger partial charge in [0.05, 0.1) is 19.1 Å². The first-order valence-electron chi connectivity index (χ1n) is 5.35. The molecule has 0 aliphatic heterocycles. The summed E-state index contributed by atoms with van der Waals surface area (Å²) in [7, 11) is 1.65. The van der Waals surface area contributed by atoms with Crippen LogP contribution in [0, 0.1) is 11.3 Å². The van der Waals surface area contributed by atoms with Crippen molar-refractivity contribution in [1.82, 2.24) is 0 Å². The van der Waals surface area contributed by atoms with Crippen LogP contribution in [0.3, 0.4) is 0 Å². The van der Waals surface area contributed by atoms with Crippen molar-refractivity contribution in [3.8, 4) is 11.8 Å². The summed E-state index contributed by atoms with van der Waals surface area (Å²) in [5.74, 6) is 0.787. The Balaban J connectivity index is 0.00000106. The van der Waals surface area contributed by atoms with Crippen LogP contribution in [-0.2, 0) is 5.33 Å². The normalized spacial score (nSPS) is 10.8. The van der Waals surface area contributed by atoms with Crippen molar-refractivity contribution in [3.63, 3.8) is 0 Å². The molecular formula is C13H18BrNO. The van der Waals surface area contributed by atoms with E-state index in [4.69, 9.17) is 10.00 Å². The van der Waals surface area contributed by atoms with Crippen LogP contribution < -0.4 is 4.74 Å². The van der Waals surface area contributed by atoms with Crippen molar-refractivity contribution in [2.45, 2.75) is 32.0 Å². The Morgan fingerprint density at radius 1 is 1.44 bits per heavy atom. The zero-order valence-electron chi connectivity index (χ0n) is 10.2. The Labute approximate surface area is 106 Å². The van der Waals surface area contributed by atoms with Gasteiger partial charge in [0, 0.05) is 10.9 Å². The standard InChI is InChI=1S/C11H12BrNO.C2H6/c1-8(7-13)9-3-4-11(14-2)10(5-9)6-12;1-2/h3-5,8H,6H2,1-2H3;1-2H3. The molecule has 0 heterocycles. The molecule has 0 saturated carbocycles. The number of benzene rings is 1. The van der Waals surface area contributed by atoms with E-state index in [-0.39, 0.29) is 5.92 Å². The number of methoxy groups -OCH3 is 1. The molecule has 1 aromatic carbocycles. The second kappa shape index (κ2) is 8.18. The van der Waals surface area contributed by atoms with Gasteiger partial charge in [-0.15, -0.1) is 0 Å². The Hall–Kier alpha value is -1.01. The number of halogens is 1. The molecule has 1 rings (SSSR count). The van der Waals surface area contributed by atoms with Gasteiger partial charge in [0.2, 0.25) is 0 Å². The maximum atomic E-state index is 8.79. The van der Waals surface area contributed by atoms with Gasteiger partial charge in [-0.2, -0.15) is 5.26 Å². The van der Waals surface area contributed by atoms with Crippen LogP contribution in [0.4, 0.5) is 0 Å². The molecule has 1 unspecified atom stereocenters. The molecule has 0 spiro atoms. The van der Waals surface area contributed by atoms with Crippen molar-refractivity contribution in [2.75, 3.05) is 7.11 Å². The highest BCUT2D eigenvalue weighted by Gasteiger charge is 2.07. The predicted octanol–water partition coefficient (Wildman–Crippen LogP) is 4.24. The van der Waals surface area contributed by atoms with Gasteiger partial charge < -0.3 is 4.74 Å². The quantitative estimate of drug-likeness (QED) is 0.778. The zero-order chi connectivity index (χ0) is 12.6. The van der Waals surface area contributed by atoms with E-state index in [0.717, 1.165) is 22.2 Å². The molecule has 0 aliphatic carbocycles. The maximum Gasteiger partial charge on any atom is 0.122 e. The number of ether oxygens (including phenoxy) is 1. The molecule has 0 fully saturated rings. The Kier molecular flexibility index (Phi) is 7.66. The Bertz CT molecular complexity index is 357. The molecule has 0 amide bonds. The third-order valence-corrected chi connectivity index (χ3v) is 2.75. The van der Waals surface area contributed by atoms with E-state index in [1.807, 2.05) is 39.0 Å². The molecule has 88 valence electrons. The smallest absolute Gasteiger partial charge is 0.122 e. The van der Waals surface area contributed by atoms with Gasteiger partial charge in [-0.05, 0) is 24.6 Å². The average molecular weight is 284 g/mol. The predicted molar refractivity (Wildman–Crippen MR) is 71.0 cm³/mol. The average Bonchev–Trinajstić information content (AvgIpc) is 2.39. The van der Waals surface area contributed by atoms with Crippen molar-refractivity contribution in [2.24, 2.45) is 0 Å². The minimum Gasteiger partial charge on any atom is -0.496 e. The maximum absolute atomic E-state index is 8.79. The number of hydrogen-bond acceptors (Lipinski definition) is 2. The highest BCUT2D eigenvalue weighted by atomic mass is 79.9. The monoisotopic (exact) mass is 283 g/mol. The van der Waals surface area contributed by atoms with Crippen LogP contribution in [-0.4, -0.2) is 7.11 Å². The van der Waals surface area contributed by atoms with E-state index in [0.29, 0.717) is 0 Å². The van der Waals surface area contributed by atoms with Crippen molar-refractivity contribution < 1.29 is 4.74 Å². The topological polar surface area (TPSA) is 33.0 Å². The van der Waals surface area contributed by atoms with Crippen molar-refractivity contribution in [1.29, 1.82) is 5.26 Å². The first-order chi connectivity index (χ1) is 7.72. The summed E-state index contributed by atoms with van der Waals surface area (Å²) in [5, 5.41) is 9.52. The number of nitrogens with zero attached hydrogens (tertiary/aromatic N) is 1. The summed E-state index contributed by atoms with van der Waals surface area (Å²) in [6, 6.07) is 8.05. The van der Waals surface area contributed by atoms with Gasteiger partial charge in [0.15, 0.2) is 0 Å². The van der Waals surface area contributed by atoms with Crippen LogP contribution in [0.5, 0.6) is 5.75 Å². The summed E-state index contributed by atoms with van der Waals surface area (Å²) >= 11 is 3.39. The van der Waals surface area contributed by atoms with Gasteiger partial charge in [-0.3, -0.25) is 0 Å². The number of rotatable bonds is 3. The van der Waals surface area contributed by atoms with Crippen LogP contribution in [0.25, 0.3) is 0 Å². The van der Waals surface area contributed by atoms with E-state index in [9.17, 15) is 0 Å². The molecule has 0 saturated heterocycles. The fourth-order valence-corrected chi connectivity index (χ4v) is 1.69. The summed E-state index contributed by atoms with van der Waals surface area (Å²) < 4.78 is 5.19. The Morgan fingerprint density at radius 2 is 2.06 bits per heavy atom. The van der Waals surface area contributed by atoms with Gasteiger partial charge in [-0.1, -0.05) is 35.8 Å². The number of alkyl halides is 1. The lowest BCUT2D eigenvalue weighted by atomic mass is 10.0. The van der Waals surface area contributed by atoms with E-state index in [1.165, 1.54) is 0 Å². The van der Waals surface area contributed by atoms with Gasteiger partial charge in [0.1, 0.15) is 5.75 Å². The SMILES string of the molecule is CC.COc1ccc(C(C)C#N)cc1CBr. The summed E-state index contributed by atoms with van der Waals surface area (Å²) in [5.41, 5.74) is 2.11. The van der Waals surface area contributed by atoms with E-state index in [1.54, 1.807) is 7.11 Å². The molecular weight excluding hydrogens is 266 g/mol. The zero-order valence-corrected chi connectivity index (χ0v) is 11.8. The Morgan fingerprint density at radius 3 is 2.50 bits per heavy atom. The third kappa shape index (κ3) is 3.86. The van der Waals surface area contributed by atoms with E-state index >= 15 is 0 Å². The first kappa shape index (κ1) is 15.0. The molecule has 3 heteroatoms. The van der Waals surface area contributed by atoms with Gasteiger partial charge in [0.25, 0.3) is 0 Å². The molecule has 0 N–H and O–H groups in total. The number of nitriles is 1. The minimum absolute atomic E-state index is 0.0706. The highest BCUT2D eigenvalue weighted by Crippen LogP contribution is 2.25. The summed E-state index contributed by atoms with van der Waals surface area (Å²) in [6.07, 6.45) is 0. The largest absolute Gasteiger partial charge is 0.496 e. The van der Waals surface area contributed by atoms with Crippen LogP contribution in [0.1, 0.15) is 37.8 Å². The minimum atomic E-state index is -0.0706. The van der Waals surface area contributed by atoms with E-state index < -0.39 is 0 Å². The summed E-state index contributed by atoms with van der Waals surface area (Å²) in [6.45, 7) is 5.89. The fraction of sp³-hybridized carbons (Fsp3) is 0.462. The lowest BCUT2D eigenvalue weighted by Crippen LogP contribution is -1.94. The molecule has 1 aromatic rings. The summed E-state index contributed by atoms with van der Waals surface area (Å²) in [4.78, 5) is 0. The lowest BCUT2D eigenvalue weighted by Gasteiger charge is -2.09. The second-order valence-electron chi connectivity index (χ2n) is 3.06. The van der Waals surface area contributed by atoms with Crippen LogP contribution >= 0.6 is 15.9 Å². The highest BCUT2D eigenvalue weighted by molar-refractivity contribution is 9.08. The molecule has 1 atom stereocenters. The number of hydrogen-bond donors (Lipinski definition) is 0. The van der Waals surface area contributed by atoms with Crippen LogP contribution in [0.2, 0.25) is 0 Å². The second-order valence-corrected chi connectivity index (χ2v) is 3.62. The van der Waals surface area contributed by atoms with Crippen molar-refractivity contribution in [3.05, 3.63) is 29.3 Å². The van der Waals surface area contributed by atoms with E-state index in [2.05, 4.69) is 22.0 Å². The lowest BCUT2D eigenvalue weighted by molar-refractivity contribution is 0.411. The molecule has 16 heavy (non-hydrogen) atoms. The molecule has 0 radical (unpaired) electrons. The molecule has 0 aromatic heterocycles. The molecule has 2 nitrogen and oxygen atoms in total. The molecule has 0 bridgehead atoms. The third-order valence-electron chi connectivity index (χ3n) is 2.14. The van der Waals surface area contributed by atoms with Crippen LogP contribution in [0.15, 0.2) is 18.2 Å². The first-order valence-corrected chi connectivity index (χ1v) is 6.47. The van der Waals surface area contributed by atoms with Crippen molar-refractivity contribution >= 4 is 15.9 Å². The van der Waals surface area contributed by atoms with Gasteiger partial charge in [-0.25, -0.2) is 0 Å². The van der Waals surface area contributed by atoms with Gasteiger partial charge >= 0.3 is 0 Å². The molecule has 0 aliphatic rings. The fourth-order valence-electron chi connectivity index (χ4n) is 1.25.